The van der Waals surface area contributed by atoms with Gasteiger partial charge in [0.2, 0.25) is 11.8 Å². The van der Waals surface area contributed by atoms with Crippen LogP contribution in [-0.4, -0.2) is 41.7 Å². The molecule has 162 valence electrons. The summed E-state index contributed by atoms with van der Waals surface area (Å²) < 4.78 is 11.4. The van der Waals surface area contributed by atoms with Gasteiger partial charge in [0.05, 0.1) is 18.4 Å². The second-order valence-corrected chi connectivity index (χ2v) is 7.92. The average molecular weight is 412 g/mol. The highest BCUT2D eigenvalue weighted by molar-refractivity contribution is 5.78. The second kappa shape index (κ2) is 11.1. The standard InChI is InChI=1S/C24H33N3O3/c1-4-29-24-20-13-11-19(23(28)25-15-8-16-30-17(2)3)12-14-21(20)26-22(27-24)18-9-6-5-7-10-18/h5-7,9-10,17,19H,4,8,11-16H2,1-3H3,(H,25,28). The predicted molar refractivity (Wildman–Crippen MR) is 117 cm³/mol. The number of hydrogen-bond acceptors (Lipinski definition) is 5. The molecule has 1 heterocycles. The van der Waals surface area contributed by atoms with Crippen LogP contribution >= 0.6 is 0 Å². The molecule has 6 heteroatoms. The van der Waals surface area contributed by atoms with Gasteiger partial charge in [0.15, 0.2) is 5.82 Å². The van der Waals surface area contributed by atoms with E-state index >= 15 is 0 Å². The number of aromatic nitrogens is 2. The number of carbonyl (C=O) groups is 1. The van der Waals surface area contributed by atoms with E-state index < -0.39 is 0 Å². The molecule has 0 aliphatic heterocycles. The summed E-state index contributed by atoms with van der Waals surface area (Å²) in [5, 5.41) is 3.07. The molecule has 1 aromatic heterocycles. The molecular formula is C24H33N3O3. The SMILES string of the molecule is CCOc1nc(-c2ccccc2)nc2c1CCC(C(=O)NCCCOC(C)C)CC2. The van der Waals surface area contributed by atoms with Crippen molar-refractivity contribution in [1.82, 2.24) is 15.3 Å². The average Bonchev–Trinajstić information content (AvgIpc) is 2.97. The van der Waals surface area contributed by atoms with E-state index in [4.69, 9.17) is 19.4 Å². The number of nitrogens with one attached hydrogen (secondary N) is 1. The topological polar surface area (TPSA) is 73.3 Å². The molecule has 1 atom stereocenters. The third-order valence-electron chi connectivity index (χ3n) is 5.28. The summed E-state index contributed by atoms with van der Waals surface area (Å²) in [4.78, 5) is 22.2. The van der Waals surface area contributed by atoms with Crippen LogP contribution in [0.4, 0.5) is 0 Å². The van der Waals surface area contributed by atoms with E-state index in [9.17, 15) is 4.79 Å². The summed E-state index contributed by atoms with van der Waals surface area (Å²) in [6.07, 6.45) is 4.15. The number of amides is 1. The van der Waals surface area contributed by atoms with Crippen LogP contribution in [0.15, 0.2) is 30.3 Å². The van der Waals surface area contributed by atoms with E-state index in [2.05, 4.69) is 5.32 Å². The zero-order valence-corrected chi connectivity index (χ0v) is 18.3. The quantitative estimate of drug-likeness (QED) is 0.499. The van der Waals surface area contributed by atoms with Gasteiger partial charge in [-0.2, -0.15) is 4.98 Å². The van der Waals surface area contributed by atoms with Gasteiger partial charge in [-0.25, -0.2) is 4.98 Å². The molecule has 6 nitrogen and oxygen atoms in total. The van der Waals surface area contributed by atoms with Crippen molar-refractivity contribution in [2.45, 2.75) is 59.0 Å². The molecule has 30 heavy (non-hydrogen) atoms. The number of carbonyl (C=O) groups excluding carboxylic acids is 1. The lowest BCUT2D eigenvalue weighted by Crippen LogP contribution is -2.32. The Balaban J connectivity index is 1.67. The van der Waals surface area contributed by atoms with Gasteiger partial charge in [-0.1, -0.05) is 30.3 Å². The third-order valence-corrected chi connectivity index (χ3v) is 5.28. The van der Waals surface area contributed by atoms with Gasteiger partial charge in [0.1, 0.15) is 0 Å². The van der Waals surface area contributed by atoms with E-state index in [1.807, 2.05) is 51.1 Å². The molecule has 0 bridgehead atoms. The number of ether oxygens (including phenoxy) is 2. The maximum atomic E-state index is 12.7. The zero-order chi connectivity index (χ0) is 21.3. The summed E-state index contributed by atoms with van der Waals surface area (Å²) in [5.74, 6) is 1.46. The first kappa shape index (κ1) is 22.2. The number of hydrogen-bond donors (Lipinski definition) is 1. The highest BCUT2D eigenvalue weighted by Crippen LogP contribution is 2.31. The number of rotatable bonds is 9. The fraction of sp³-hybridized carbons (Fsp3) is 0.542. The highest BCUT2D eigenvalue weighted by atomic mass is 16.5. The fourth-order valence-corrected chi connectivity index (χ4v) is 3.72. The van der Waals surface area contributed by atoms with Gasteiger partial charge in [-0.15, -0.1) is 0 Å². The third kappa shape index (κ3) is 6.02. The monoisotopic (exact) mass is 411 g/mol. The maximum absolute atomic E-state index is 12.7. The van der Waals surface area contributed by atoms with E-state index in [0.29, 0.717) is 31.5 Å². The molecule has 1 aliphatic rings. The smallest absolute Gasteiger partial charge is 0.223 e. The van der Waals surface area contributed by atoms with Crippen LogP contribution in [-0.2, 0) is 22.4 Å². The second-order valence-electron chi connectivity index (χ2n) is 7.92. The molecule has 0 spiro atoms. The fourth-order valence-electron chi connectivity index (χ4n) is 3.72. The molecule has 1 unspecified atom stereocenters. The van der Waals surface area contributed by atoms with E-state index in [1.165, 1.54) is 0 Å². The Bertz CT molecular complexity index is 824. The van der Waals surface area contributed by atoms with E-state index in [-0.39, 0.29) is 17.9 Å². The normalized spacial score (nSPS) is 16.1. The van der Waals surface area contributed by atoms with Gasteiger partial charge in [0, 0.05) is 30.2 Å². The summed E-state index contributed by atoms with van der Waals surface area (Å²) in [5.41, 5.74) is 3.04. The van der Waals surface area contributed by atoms with Crippen molar-refractivity contribution in [2.75, 3.05) is 19.8 Å². The molecule has 0 saturated carbocycles. The molecule has 0 fully saturated rings. The molecule has 1 aromatic carbocycles. The molecular weight excluding hydrogens is 378 g/mol. The lowest BCUT2D eigenvalue weighted by atomic mass is 9.99. The minimum atomic E-state index is -0.0140. The number of aryl methyl sites for hydroxylation is 1. The van der Waals surface area contributed by atoms with Crippen molar-refractivity contribution in [3.8, 4) is 17.3 Å². The molecule has 1 N–H and O–H groups in total. The van der Waals surface area contributed by atoms with Crippen LogP contribution in [0.5, 0.6) is 5.88 Å². The van der Waals surface area contributed by atoms with E-state index in [0.717, 1.165) is 48.9 Å². The summed E-state index contributed by atoms with van der Waals surface area (Å²) in [7, 11) is 0. The van der Waals surface area contributed by atoms with Crippen molar-refractivity contribution in [1.29, 1.82) is 0 Å². The van der Waals surface area contributed by atoms with Crippen molar-refractivity contribution < 1.29 is 14.3 Å². The Kier molecular flexibility index (Phi) is 8.20. The first-order valence-corrected chi connectivity index (χ1v) is 11.1. The predicted octanol–water partition coefficient (Wildman–Crippen LogP) is 3.97. The van der Waals surface area contributed by atoms with Crippen LogP contribution in [0.1, 0.15) is 51.3 Å². The summed E-state index contributed by atoms with van der Waals surface area (Å²) in [6.45, 7) is 7.88. The first-order valence-electron chi connectivity index (χ1n) is 11.1. The van der Waals surface area contributed by atoms with E-state index in [1.54, 1.807) is 0 Å². The largest absolute Gasteiger partial charge is 0.478 e. The number of nitrogens with zero attached hydrogens (tertiary/aromatic N) is 2. The van der Waals surface area contributed by atoms with Crippen LogP contribution in [0.2, 0.25) is 0 Å². The van der Waals surface area contributed by atoms with Crippen LogP contribution < -0.4 is 10.1 Å². The van der Waals surface area contributed by atoms with Gasteiger partial charge in [-0.05, 0) is 52.9 Å². The number of fused-ring (bicyclic) bond motifs is 1. The minimum absolute atomic E-state index is 0.0140. The molecule has 0 saturated heterocycles. The van der Waals surface area contributed by atoms with Crippen molar-refractivity contribution >= 4 is 5.91 Å². The number of benzene rings is 1. The zero-order valence-electron chi connectivity index (χ0n) is 18.3. The van der Waals surface area contributed by atoms with Crippen molar-refractivity contribution in [2.24, 2.45) is 5.92 Å². The van der Waals surface area contributed by atoms with Gasteiger partial charge >= 0.3 is 0 Å². The molecule has 1 aliphatic carbocycles. The Morgan fingerprint density at radius 1 is 1.17 bits per heavy atom. The summed E-state index contributed by atoms with van der Waals surface area (Å²) in [6, 6.07) is 9.96. The lowest BCUT2D eigenvalue weighted by molar-refractivity contribution is -0.125. The van der Waals surface area contributed by atoms with Crippen LogP contribution in [0.25, 0.3) is 11.4 Å². The Morgan fingerprint density at radius 3 is 2.67 bits per heavy atom. The molecule has 1 amide bonds. The summed E-state index contributed by atoms with van der Waals surface area (Å²) >= 11 is 0. The van der Waals surface area contributed by atoms with Gasteiger partial charge in [0.25, 0.3) is 0 Å². The van der Waals surface area contributed by atoms with Crippen molar-refractivity contribution in [3.63, 3.8) is 0 Å². The molecule has 0 radical (unpaired) electrons. The highest BCUT2D eigenvalue weighted by Gasteiger charge is 2.26. The van der Waals surface area contributed by atoms with Crippen LogP contribution in [0, 0.1) is 5.92 Å². The molecule has 2 aromatic rings. The Morgan fingerprint density at radius 2 is 1.93 bits per heavy atom. The Labute approximate surface area is 179 Å². The lowest BCUT2D eigenvalue weighted by Gasteiger charge is -2.14. The molecule has 3 rings (SSSR count). The minimum Gasteiger partial charge on any atom is -0.478 e. The van der Waals surface area contributed by atoms with Gasteiger partial charge in [-0.3, -0.25) is 4.79 Å². The van der Waals surface area contributed by atoms with Crippen molar-refractivity contribution in [3.05, 3.63) is 41.6 Å². The Hall–Kier alpha value is -2.47. The van der Waals surface area contributed by atoms with Gasteiger partial charge < -0.3 is 14.8 Å². The first-order chi connectivity index (χ1) is 14.6. The maximum Gasteiger partial charge on any atom is 0.223 e. The van der Waals surface area contributed by atoms with Crippen LogP contribution in [0.3, 0.4) is 0 Å².